The molecule has 0 saturated heterocycles. The number of carboxylic acids is 1. The Morgan fingerprint density at radius 3 is 2.16 bits per heavy atom. The second-order valence-electron chi connectivity index (χ2n) is 8.18. The summed E-state index contributed by atoms with van der Waals surface area (Å²) in [5.74, 6) is -1.14. The molecule has 0 aromatic heterocycles. The van der Waals surface area contributed by atoms with Crippen molar-refractivity contribution in [3.05, 3.63) is 59.7 Å². The van der Waals surface area contributed by atoms with Crippen molar-refractivity contribution < 1.29 is 24.2 Å². The third kappa shape index (κ3) is 5.87. The van der Waals surface area contributed by atoms with Gasteiger partial charge in [0.05, 0.1) is 0 Å². The zero-order valence-electron chi connectivity index (χ0n) is 18.5. The Kier molecular flexibility index (Phi) is 7.87. The van der Waals surface area contributed by atoms with Crippen molar-refractivity contribution in [3.8, 4) is 11.1 Å². The molecule has 0 radical (unpaired) electrons. The Bertz CT molecular complexity index is 929. The lowest BCUT2D eigenvalue weighted by Gasteiger charge is -2.19. The fraction of sp³-hybridized carbons (Fsp3) is 0.400. The van der Waals surface area contributed by atoms with Gasteiger partial charge in [-0.25, -0.2) is 4.79 Å². The number of amides is 2. The van der Waals surface area contributed by atoms with Crippen molar-refractivity contribution in [1.29, 1.82) is 0 Å². The lowest BCUT2D eigenvalue weighted by Crippen LogP contribution is -2.41. The molecule has 1 aliphatic carbocycles. The van der Waals surface area contributed by atoms with Gasteiger partial charge in [0.2, 0.25) is 5.91 Å². The number of hydrogen-bond acceptors (Lipinski definition) is 4. The van der Waals surface area contributed by atoms with Gasteiger partial charge in [0.1, 0.15) is 6.61 Å². The smallest absolute Gasteiger partial charge is 0.407 e. The van der Waals surface area contributed by atoms with Gasteiger partial charge in [-0.3, -0.25) is 9.59 Å². The average molecular weight is 439 g/mol. The number of carbonyl (C=O) groups excluding carboxylic acids is 2. The summed E-state index contributed by atoms with van der Waals surface area (Å²) in [5, 5.41) is 14.3. The van der Waals surface area contributed by atoms with E-state index < -0.39 is 18.1 Å². The molecule has 2 aromatic carbocycles. The summed E-state index contributed by atoms with van der Waals surface area (Å²) in [7, 11) is 0. The second-order valence-corrected chi connectivity index (χ2v) is 8.18. The van der Waals surface area contributed by atoms with Crippen LogP contribution in [0.3, 0.4) is 0 Å². The Hall–Kier alpha value is -3.35. The predicted octanol–water partition coefficient (Wildman–Crippen LogP) is 4.06. The Morgan fingerprint density at radius 1 is 1.00 bits per heavy atom. The molecule has 2 amide bonds. The Labute approximate surface area is 188 Å². The molecule has 7 heteroatoms. The second kappa shape index (κ2) is 10.8. The number of carbonyl (C=O) groups is 3. The molecule has 0 spiro atoms. The van der Waals surface area contributed by atoms with Crippen molar-refractivity contribution in [1.82, 2.24) is 10.6 Å². The lowest BCUT2D eigenvalue weighted by molar-refractivity contribution is -0.137. The number of nitrogens with one attached hydrogen (secondary N) is 2. The maximum Gasteiger partial charge on any atom is 0.407 e. The first-order valence-electron chi connectivity index (χ1n) is 11.0. The number of alkyl carbamates (subject to hydrolysis) is 1. The third-order valence-corrected chi connectivity index (χ3v) is 5.76. The summed E-state index contributed by atoms with van der Waals surface area (Å²) in [6.45, 7) is 3.84. The van der Waals surface area contributed by atoms with Crippen molar-refractivity contribution in [2.24, 2.45) is 0 Å². The number of fused-ring (bicyclic) bond motifs is 3. The molecule has 3 rings (SSSR count). The van der Waals surface area contributed by atoms with Crippen LogP contribution in [0.15, 0.2) is 48.5 Å². The predicted molar refractivity (Wildman–Crippen MR) is 121 cm³/mol. The molecule has 1 aliphatic rings. The molecule has 2 aromatic rings. The van der Waals surface area contributed by atoms with Gasteiger partial charge < -0.3 is 20.5 Å². The van der Waals surface area contributed by atoms with Crippen molar-refractivity contribution in [2.45, 2.75) is 57.5 Å². The molecule has 0 bridgehead atoms. The molecule has 0 saturated carbocycles. The van der Waals surface area contributed by atoms with E-state index in [9.17, 15) is 14.4 Å². The first-order valence-corrected chi connectivity index (χ1v) is 11.0. The highest BCUT2D eigenvalue weighted by atomic mass is 16.5. The van der Waals surface area contributed by atoms with E-state index in [0.29, 0.717) is 12.8 Å². The van der Waals surface area contributed by atoms with Crippen molar-refractivity contribution in [2.75, 3.05) is 6.61 Å². The molecule has 7 nitrogen and oxygen atoms in total. The first-order chi connectivity index (χ1) is 15.4. The normalized spacial score (nSPS) is 14.1. The number of hydrogen-bond donors (Lipinski definition) is 3. The molecule has 2 atom stereocenters. The van der Waals surface area contributed by atoms with Crippen LogP contribution in [0.2, 0.25) is 0 Å². The van der Waals surface area contributed by atoms with Crippen LogP contribution in [-0.2, 0) is 14.3 Å². The fourth-order valence-corrected chi connectivity index (χ4v) is 4.13. The molecule has 170 valence electrons. The molecule has 1 unspecified atom stereocenters. The Morgan fingerprint density at radius 2 is 1.59 bits per heavy atom. The molecule has 0 heterocycles. The third-order valence-electron chi connectivity index (χ3n) is 5.76. The SMILES string of the molecule is CCC(CCC(=O)O)NC(=O)C[C@@H](C)NC(=O)OCC1c2ccccc2-c2ccccc21. The monoisotopic (exact) mass is 438 g/mol. The van der Waals surface area contributed by atoms with Gasteiger partial charge in [0.25, 0.3) is 0 Å². The van der Waals surface area contributed by atoms with Crippen LogP contribution in [0, 0.1) is 0 Å². The van der Waals surface area contributed by atoms with Crippen LogP contribution in [0.25, 0.3) is 11.1 Å². The Balaban J connectivity index is 1.49. The average Bonchev–Trinajstić information content (AvgIpc) is 3.08. The number of ether oxygens (including phenoxy) is 1. The highest BCUT2D eigenvalue weighted by Gasteiger charge is 2.29. The zero-order chi connectivity index (χ0) is 23.1. The summed E-state index contributed by atoms with van der Waals surface area (Å²) in [6.07, 6.45) is 0.559. The van der Waals surface area contributed by atoms with Gasteiger partial charge in [0.15, 0.2) is 0 Å². The number of aliphatic carboxylic acids is 1. The molecule has 32 heavy (non-hydrogen) atoms. The van der Waals surface area contributed by atoms with Gasteiger partial charge in [-0.1, -0.05) is 55.5 Å². The first kappa shape index (κ1) is 23.3. The minimum absolute atomic E-state index is 0.00629. The molecular weight excluding hydrogens is 408 g/mol. The van der Waals surface area contributed by atoms with Crippen LogP contribution in [0.4, 0.5) is 4.79 Å². The summed E-state index contributed by atoms with van der Waals surface area (Å²) < 4.78 is 5.51. The minimum atomic E-state index is -0.886. The molecule has 0 fully saturated rings. The van der Waals surface area contributed by atoms with E-state index in [2.05, 4.69) is 34.9 Å². The van der Waals surface area contributed by atoms with Gasteiger partial charge in [-0.15, -0.1) is 0 Å². The van der Waals surface area contributed by atoms with Crippen LogP contribution >= 0.6 is 0 Å². The quantitative estimate of drug-likeness (QED) is 0.519. The number of benzene rings is 2. The highest BCUT2D eigenvalue weighted by molar-refractivity contribution is 5.79. The van der Waals surface area contributed by atoms with Crippen LogP contribution in [0.1, 0.15) is 56.6 Å². The van der Waals surface area contributed by atoms with E-state index >= 15 is 0 Å². The fourth-order valence-electron chi connectivity index (χ4n) is 4.13. The van der Waals surface area contributed by atoms with E-state index in [0.717, 1.165) is 22.3 Å². The number of rotatable bonds is 10. The van der Waals surface area contributed by atoms with Crippen molar-refractivity contribution in [3.63, 3.8) is 0 Å². The van der Waals surface area contributed by atoms with Gasteiger partial charge in [-0.2, -0.15) is 0 Å². The van der Waals surface area contributed by atoms with Crippen molar-refractivity contribution >= 4 is 18.0 Å². The van der Waals surface area contributed by atoms with Crippen LogP contribution in [0.5, 0.6) is 0 Å². The largest absolute Gasteiger partial charge is 0.481 e. The number of carboxylic acid groups (broad SMARTS) is 1. The molecular formula is C25H30N2O5. The van der Waals surface area contributed by atoms with Gasteiger partial charge in [-0.05, 0) is 42.0 Å². The van der Waals surface area contributed by atoms with E-state index in [-0.39, 0.29) is 37.3 Å². The lowest BCUT2D eigenvalue weighted by atomic mass is 9.98. The maximum atomic E-state index is 12.3. The van der Waals surface area contributed by atoms with E-state index in [1.54, 1.807) is 6.92 Å². The standard InChI is InChI=1S/C25H30N2O5/c1-3-17(12-13-24(29)30)27-23(28)14-16(2)26-25(31)32-15-22-20-10-6-4-8-18(20)19-9-5-7-11-21(19)22/h4-11,16-17,22H,3,12-15H2,1-2H3,(H,26,31)(H,27,28)(H,29,30)/t16-,17?/m1/s1. The summed E-state index contributed by atoms with van der Waals surface area (Å²) in [4.78, 5) is 35.3. The summed E-state index contributed by atoms with van der Waals surface area (Å²) in [6, 6.07) is 15.6. The van der Waals surface area contributed by atoms with E-state index in [1.807, 2.05) is 31.2 Å². The summed E-state index contributed by atoms with van der Waals surface area (Å²) in [5.41, 5.74) is 4.60. The molecule has 3 N–H and O–H groups in total. The van der Waals surface area contributed by atoms with Crippen LogP contribution in [-0.4, -0.2) is 41.8 Å². The van der Waals surface area contributed by atoms with Crippen LogP contribution < -0.4 is 10.6 Å². The van der Waals surface area contributed by atoms with Gasteiger partial charge in [0, 0.05) is 30.8 Å². The highest BCUT2D eigenvalue weighted by Crippen LogP contribution is 2.44. The molecule has 0 aliphatic heterocycles. The minimum Gasteiger partial charge on any atom is -0.481 e. The van der Waals surface area contributed by atoms with E-state index in [4.69, 9.17) is 9.84 Å². The summed E-state index contributed by atoms with van der Waals surface area (Å²) >= 11 is 0. The van der Waals surface area contributed by atoms with Gasteiger partial charge >= 0.3 is 12.1 Å². The topological polar surface area (TPSA) is 105 Å². The maximum absolute atomic E-state index is 12.3. The van der Waals surface area contributed by atoms with E-state index in [1.165, 1.54) is 0 Å². The zero-order valence-corrected chi connectivity index (χ0v) is 18.5.